The molecule has 2 aromatic carbocycles. The van der Waals surface area contributed by atoms with E-state index in [0.717, 1.165) is 24.1 Å². The van der Waals surface area contributed by atoms with Crippen LogP contribution < -0.4 is 9.62 Å². The van der Waals surface area contributed by atoms with Crippen molar-refractivity contribution in [3.63, 3.8) is 0 Å². The molecule has 0 atom stereocenters. The molecule has 0 aromatic heterocycles. The highest BCUT2D eigenvalue weighted by molar-refractivity contribution is 7.92. The maximum Gasteiger partial charge on any atom is 0.333 e. The number of azo groups is 1. The Morgan fingerprint density at radius 1 is 0.967 bits per heavy atom. The van der Waals surface area contributed by atoms with E-state index >= 15 is 0 Å². The highest BCUT2D eigenvalue weighted by atomic mass is 35.5. The molecule has 0 spiro atoms. The topological polar surface area (TPSA) is 108 Å². The third-order valence-corrected chi connectivity index (χ3v) is 6.11. The second kappa shape index (κ2) is 9.46. The number of anilines is 2. The van der Waals surface area contributed by atoms with Crippen LogP contribution in [0.4, 0.5) is 26.6 Å². The second-order valence-electron chi connectivity index (χ2n) is 6.12. The summed E-state index contributed by atoms with van der Waals surface area (Å²) in [5.41, 5.74) is 1.14. The van der Waals surface area contributed by atoms with E-state index in [1.165, 1.54) is 0 Å². The van der Waals surface area contributed by atoms with E-state index in [1.54, 1.807) is 18.2 Å². The highest BCUT2D eigenvalue weighted by Gasteiger charge is 2.19. The summed E-state index contributed by atoms with van der Waals surface area (Å²) in [6, 6.07) is 6.82. The number of sulfonamides is 1. The lowest BCUT2D eigenvalue weighted by Gasteiger charge is -2.22. The Balaban J connectivity index is 2.51. The zero-order valence-electron chi connectivity index (χ0n) is 16.2. The lowest BCUT2D eigenvalue weighted by Crippen LogP contribution is -2.22. The fourth-order valence-corrected chi connectivity index (χ4v) is 4.38. The van der Waals surface area contributed by atoms with Gasteiger partial charge in [-0.1, -0.05) is 23.2 Å². The first-order valence-corrected chi connectivity index (χ1v) is 12.6. The fourth-order valence-electron chi connectivity index (χ4n) is 2.57. The van der Waals surface area contributed by atoms with Crippen molar-refractivity contribution in [1.82, 2.24) is 0 Å². The number of rotatable bonds is 8. The number of nitrogens with one attached hydrogen (secondary N) is 1. The van der Waals surface area contributed by atoms with Crippen LogP contribution in [-0.4, -0.2) is 36.2 Å². The van der Waals surface area contributed by atoms with Gasteiger partial charge in [-0.2, -0.15) is 8.42 Å². The smallest absolute Gasteiger partial charge is 0.333 e. The minimum Gasteiger partial charge on any atom is -0.372 e. The summed E-state index contributed by atoms with van der Waals surface area (Å²) < 4.78 is 61.3. The molecule has 0 saturated heterocycles. The number of hydrogen-bond donors (Lipinski definition) is 1. The maximum absolute atomic E-state index is 13.2. The van der Waals surface area contributed by atoms with Gasteiger partial charge < -0.3 is 4.90 Å². The number of benzene rings is 2. The SMILES string of the molecule is CCN(CC)c1ccc(N=Nc2cc(Cl)c(S(=O)(=O)F)cc2Cl)c(NS(C)(=O)=O)c1. The summed E-state index contributed by atoms with van der Waals surface area (Å²) in [6.45, 7) is 5.36. The van der Waals surface area contributed by atoms with Crippen molar-refractivity contribution in [2.75, 3.05) is 29.0 Å². The summed E-state index contributed by atoms with van der Waals surface area (Å²) in [7, 11) is -8.66. The molecule has 2 aromatic rings. The van der Waals surface area contributed by atoms with Gasteiger partial charge in [-0.3, -0.25) is 4.72 Å². The minimum atomic E-state index is -5.05. The summed E-state index contributed by atoms with van der Waals surface area (Å²) in [5.74, 6) is 0. The van der Waals surface area contributed by atoms with Gasteiger partial charge in [-0.05, 0) is 44.2 Å². The van der Waals surface area contributed by atoms with Crippen molar-refractivity contribution in [2.45, 2.75) is 18.7 Å². The zero-order valence-corrected chi connectivity index (χ0v) is 19.4. The molecule has 0 aliphatic heterocycles. The van der Waals surface area contributed by atoms with Gasteiger partial charge in [-0.15, -0.1) is 14.1 Å². The minimum absolute atomic E-state index is 0.0211. The van der Waals surface area contributed by atoms with Crippen LogP contribution in [0.2, 0.25) is 10.0 Å². The van der Waals surface area contributed by atoms with E-state index in [-0.39, 0.29) is 22.1 Å². The van der Waals surface area contributed by atoms with E-state index in [9.17, 15) is 20.7 Å². The monoisotopic (exact) mass is 496 g/mol. The van der Waals surface area contributed by atoms with Crippen LogP contribution in [0, 0.1) is 0 Å². The van der Waals surface area contributed by atoms with Gasteiger partial charge in [0.15, 0.2) is 0 Å². The van der Waals surface area contributed by atoms with Crippen LogP contribution in [-0.2, 0) is 20.2 Å². The van der Waals surface area contributed by atoms with Crippen LogP contribution in [0.5, 0.6) is 0 Å². The molecule has 0 unspecified atom stereocenters. The van der Waals surface area contributed by atoms with Crippen LogP contribution in [0.3, 0.4) is 0 Å². The standard InChI is InChI=1S/C17H19Cl2FN4O4S2/c1-4-24(5-2)11-6-7-14(16(8-11)23-29(3,25)26)21-22-15-9-13(19)17(10-12(15)18)30(20,27)28/h6-10,23H,4-5H2,1-3H3. The third-order valence-electron chi connectivity index (χ3n) is 3.93. The van der Waals surface area contributed by atoms with Gasteiger partial charge >= 0.3 is 10.2 Å². The molecule has 0 saturated carbocycles. The Morgan fingerprint density at radius 3 is 2.10 bits per heavy atom. The molecule has 1 N–H and O–H groups in total. The predicted molar refractivity (Wildman–Crippen MR) is 117 cm³/mol. The molecule has 8 nitrogen and oxygen atoms in total. The maximum atomic E-state index is 13.2. The van der Waals surface area contributed by atoms with Gasteiger partial charge in [0.1, 0.15) is 16.3 Å². The zero-order chi connectivity index (χ0) is 22.7. The van der Waals surface area contributed by atoms with E-state index < -0.39 is 30.2 Å². The third kappa shape index (κ3) is 6.27. The van der Waals surface area contributed by atoms with Gasteiger partial charge in [-0.25, -0.2) is 8.42 Å². The van der Waals surface area contributed by atoms with E-state index in [0.29, 0.717) is 13.1 Å². The van der Waals surface area contributed by atoms with Crippen LogP contribution in [0.1, 0.15) is 13.8 Å². The van der Waals surface area contributed by atoms with Crippen molar-refractivity contribution in [2.24, 2.45) is 10.2 Å². The molecule has 0 aliphatic rings. The van der Waals surface area contributed by atoms with E-state index in [1.807, 2.05) is 18.7 Å². The Bertz CT molecular complexity index is 1180. The van der Waals surface area contributed by atoms with Gasteiger partial charge in [0.2, 0.25) is 10.0 Å². The van der Waals surface area contributed by atoms with Crippen LogP contribution >= 0.6 is 23.2 Å². The Kier molecular flexibility index (Phi) is 7.67. The lowest BCUT2D eigenvalue weighted by molar-refractivity contribution is 0.552. The quantitative estimate of drug-likeness (QED) is 0.394. The predicted octanol–water partition coefficient (Wildman–Crippen LogP) is 5.28. The molecular formula is C17H19Cl2FN4O4S2. The van der Waals surface area contributed by atoms with Gasteiger partial charge in [0.05, 0.1) is 22.0 Å². The number of nitrogens with zero attached hydrogens (tertiary/aromatic N) is 3. The molecule has 0 amide bonds. The Hall–Kier alpha value is -1.95. The molecule has 0 fully saturated rings. The second-order valence-corrected chi connectivity index (χ2v) is 10.00. The molecule has 0 aliphatic carbocycles. The molecule has 30 heavy (non-hydrogen) atoms. The van der Waals surface area contributed by atoms with Gasteiger partial charge in [0, 0.05) is 18.8 Å². The average molecular weight is 497 g/mol. The first kappa shape index (κ1) is 24.3. The Morgan fingerprint density at radius 2 is 1.57 bits per heavy atom. The van der Waals surface area contributed by atoms with E-state index in [4.69, 9.17) is 23.2 Å². The summed E-state index contributed by atoms with van der Waals surface area (Å²) in [5, 5.41) is 7.30. The van der Waals surface area contributed by atoms with Crippen molar-refractivity contribution in [3.05, 3.63) is 40.4 Å². The van der Waals surface area contributed by atoms with Crippen molar-refractivity contribution in [3.8, 4) is 0 Å². The first-order valence-electron chi connectivity index (χ1n) is 8.58. The molecule has 0 heterocycles. The Labute approximate surface area is 185 Å². The van der Waals surface area contributed by atoms with Crippen molar-refractivity contribution in [1.29, 1.82) is 0 Å². The van der Waals surface area contributed by atoms with Gasteiger partial charge in [0.25, 0.3) is 0 Å². The van der Waals surface area contributed by atoms with Crippen LogP contribution in [0.25, 0.3) is 0 Å². The summed E-state index contributed by atoms with van der Waals surface area (Å²) >= 11 is 11.8. The van der Waals surface area contributed by atoms with E-state index in [2.05, 4.69) is 15.0 Å². The molecule has 2 rings (SSSR count). The van der Waals surface area contributed by atoms with Crippen LogP contribution in [0.15, 0.2) is 45.5 Å². The van der Waals surface area contributed by atoms with Crippen molar-refractivity contribution < 1.29 is 20.7 Å². The lowest BCUT2D eigenvalue weighted by atomic mass is 10.2. The molecular weight excluding hydrogens is 478 g/mol. The molecule has 0 radical (unpaired) electrons. The highest BCUT2D eigenvalue weighted by Crippen LogP contribution is 2.37. The average Bonchev–Trinajstić information content (AvgIpc) is 2.62. The molecule has 13 heteroatoms. The number of halogens is 3. The number of hydrogen-bond acceptors (Lipinski definition) is 7. The summed E-state index contributed by atoms with van der Waals surface area (Å²) in [4.78, 5) is 1.23. The molecule has 0 bridgehead atoms. The largest absolute Gasteiger partial charge is 0.372 e. The normalized spacial score (nSPS) is 12.3. The molecule has 164 valence electrons. The first-order chi connectivity index (χ1) is 13.9. The fraction of sp³-hybridized carbons (Fsp3) is 0.294. The summed E-state index contributed by atoms with van der Waals surface area (Å²) in [6.07, 6.45) is 1.00. The van der Waals surface area contributed by atoms with Crippen molar-refractivity contribution >= 4 is 66.2 Å².